The van der Waals surface area contributed by atoms with E-state index in [-0.39, 0.29) is 0 Å². The Morgan fingerprint density at radius 2 is 2.33 bits per heavy atom. The van der Waals surface area contributed by atoms with Crippen LogP contribution < -0.4 is 10.6 Å². The molecule has 0 bridgehead atoms. The van der Waals surface area contributed by atoms with Gasteiger partial charge in [-0.3, -0.25) is 0 Å². The molecule has 1 aliphatic heterocycles. The summed E-state index contributed by atoms with van der Waals surface area (Å²) in [6.45, 7) is 9.73. The normalized spacial score (nSPS) is 22.2. The zero-order valence-corrected chi connectivity index (χ0v) is 12.6. The lowest BCUT2D eigenvalue weighted by molar-refractivity contribution is 0.446. The number of hydrogen-bond acceptors (Lipinski definition) is 4. The van der Waals surface area contributed by atoms with Crippen molar-refractivity contribution in [1.29, 1.82) is 0 Å². The molecule has 0 aliphatic carbocycles. The van der Waals surface area contributed by atoms with Crippen molar-refractivity contribution < 1.29 is 0 Å². The number of anilines is 1. The fourth-order valence-electron chi connectivity index (χ4n) is 2.57. The van der Waals surface area contributed by atoms with Gasteiger partial charge in [-0.15, -0.1) is 11.3 Å². The van der Waals surface area contributed by atoms with Crippen LogP contribution in [-0.4, -0.2) is 18.1 Å². The van der Waals surface area contributed by atoms with Crippen molar-refractivity contribution in [2.75, 3.05) is 18.0 Å². The molecule has 1 aromatic rings. The lowest BCUT2D eigenvalue weighted by atomic mass is 10.0. The van der Waals surface area contributed by atoms with Gasteiger partial charge in [-0.1, -0.05) is 20.8 Å². The molecule has 2 N–H and O–H groups in total. The third-order valence-electron chi connectivity index (χ3n) is 3.91. The van der Waals surface area contributed by atoms with Gasteiger partial charge in [0.2, 0.25) is 0 Å². The maximum absolute atomic E-state index is 5.87. The lowest BCUT2D eigenvalue weighted by Crippen LogP contribution is -2.34. The summed E-state index contributed by atoms with van der Waals surface area (Å²) in [6.07, 6.45) is 3.77. The van der Waals surface area contributed by atoms with E-state index in [4.69, 9.17) is 10.7 Å². The summed E-state index contributed by atoms with van der Waals surface area (Å²) in [6, 6.07) is 0. The van der Waals surface area contributed by atoms with E-state index >= 15 is 0 Å². The van der Waals surface area contributed by atoms with Crippen molar-refractivity contribution in [3.63, 3.8) is 0 Å². The molecule has 0 amide bonds. The number of nitrogens with zero attached hydrogens (tertiary/aromatic N) is 2. The summed E-state index contributed by atoms with van der Waals surface area (Å²) < 4.78 is 0. The Hall–Kier alpha value is -0.610. The number of rotatable bonds is 4. The zero-order chi connectivity index (χ0) is 13.1. The minimum Gasteiger partial charge on any atom is -0.348 e. The highest BCUT2D eigenvalue weighted by Crippen LogP contribution is 2.33. The second-order valence-corrected chi connectivity index (χ2v) is 6.57. The molecule has 0 radical (unpaired) electrons. The maximum atomic E-state index is 5.87. The maximum Gasteiger partial charge on any atom is 0.185 e. The van der Waals surface area contributed by atoms with E-state index in [1.165, 1.54) is 28.5 Å². The molecule has 0 spiro atoms. The van der Waals surface area contributed by atoms with Crippen LogP contribution in [0.1, 0.15) is 56.5 Å². The predicted molar refractivity (Wildman–Crippen MR) is 79.3 cm³/mol. The largest absolute Gasteiger partial charge is 0.348 e. The molecule has 2 atom stereocenters. The first-order valence-corrected chi connectivity index (χ1v) is 7.92. The monoisotopic (exact) mass is 267 g/mol. The number of nitrogens with two attached hydrogens (primary N) is 1. The Bertz CT molecular complexity index is 388. The van der Waals surface area contributed by atoms with Gasteiger partial charge in [-0.05, 0) is 31.1 Å². The summed E-state index contributed by atoms with van der Waals surface area (Å²) in [4.78, 5) is 8.60. The number of piperidine rings is 1. The molecule has 1 aliphatic rings. The van der Waals surface area contributed by atoms with E-state index in [2.05, 4.69) is 25.7 Å². The average Bonchev–Trinajstić information content (AvgIpc) is 2.82. The Kier molecular flexibility index (Phi) is 4.62. The summed E-state index contributed by atoms with van der Waals surface area (Å²) in [5, 5.41) is 1.19. The summed E-state index contributed by atoms with van der Waals surface area (Å²) >= 11 is 1.80. The first-order valence-electron chi connectivity index (χ1n) is 7.10. The minimum atomic E-state index is 0.524. The van der Waals surface area contributed by atoms with Gasteiger partial charge in [0.15, 0.2) is 5.13 Å². The molecule has 1 fully saturated rings. The first kappa shape index (κ1) is 13.8. The number of thiazole rings is 1. The van der Waals surface area contributed by atoms with Crippen molar-refractivity contribution in [3.8, 4) is 0 Å². The summed E-state index contributed by atoms with van der Waals surface area (Å²) in [7, 11) is 0. The second kappa shape index (κ2) is 6.02. The van der Waals surface area contributed by atoms with Crippen LogP contribution in [0.15, 0.2) is 0 Å². The standard InChI is InChI=1S/C14H25N3S/c1-4-11(3)13-12(8-15)18-14(16-13)17-7-5-6-10(2)9-17/h10-11H,4-9,15H2,1-3H3. The third-order valence-corrected chi connectivity index (χ3v) is 5.06. The van der Waals surface area contributed by atoms with Crippen LogP contribution in [0.3, 0.4) is 0 Å². The molecule has 2 heterocycles. The fraction of sp³-hybridized carbons (Fsp3) is 0.786. The first-order chi connectivity index (χ1) is 8.65. The Labute approximate surface area is 114 Å². The second-order valence-electron chi connectivity index (χ2n) is 5.51. The molecule has 2 unspecified atom stereocenters. The Morgan fingerprint density at radius 1 is 1.56 bits per heavy atom. The van der Waals surface area contributed by atoms with E-state index in [0.717, 1.165) is 25.4 Å². The molecule has 0 aromatic carbocycles. The molecule has 3 nitrogen and oxygen atoms in total. The van der Waals surface area contributed by atoms with Gasteiger partial charge in [-0.2, -0.15) is 0 Å². The third kappa shape index (κ3) is 2.86. The van der Waals surface area contributed by atoms with Crippen molar-refractivity contribution in [3.05, 3.63) is 10.6 Å². The molecular weight excluding hydrogens is 242 g/mol. The number of hydrogen-bond donors (Lipinski definition) is 1. The average molecular weight is 267 g/mol. The molecular formula is C14H25N3S. The van der Waals surface area contributed by atoms with Crippen molar-refractivity contribution in [1.82, 2.24) is 4.98 Å². The van der Waals surface area contributed by atoms with Crippen LogP contribution in [0.2, 0.25) is 0 Å². The van der Waals surface area contributed by atoms with Crippen LogP contribution >= 0.6 is 11.3 Å². The predicted octanol–water partition coefficient (Wildman–Crippen LogP) is 3.35. The lowest BCUT2D eigenvalue weighted by Gasteiger charge is -2.30. The van der Waals surface area contributed by atoms with Crippen molar-refractivity contribution in [2.24, 2.45) is 11.7 Å². The highest BCUT2D eigenvalue weighted by Gasteiger charge is 2.22. The van der Waals surface area contributed by atoms with Crippen molar-refractivity contribution in [2.45, 2.75) is 52.5 Å². The SMILES string of the molecule is CCC(C)c1nc(N2CCCC(C)C2)sc1CN. The molecule has 102 valence electrons. The van der Waals surface area contributed by atoms with Gasteiger partial charge in [-0.25, -0.2) is 4.98 Å². The highest BCUT2D eigenvalue weighted by molar-refractivity contribution is 7.15. The number of aromatic nitrogens is 1. The van der Waals surface area contributed by atoms with E-state index in [1.54, 1.807) is 11.3 Å². The van der Waals surface area contributed by atoms with Crippen LogP contribution in [0, 0.1) is 5.92 Å². The Morgan fingerprint density at radius 3 is 2.94 bits per heavy atom. The highest BCUT2D eigenvalue weighted by atomic mass is 32.1. The zero-order valence-electron chi connectivity index (χ0n) is 11.8. The fourth-order valence-corrected chi connectivity index (χ4v) is 3.67. The van der Waals surface area contributed by atoms with Gasteiger partial charge < -0.3 is 10.6 Å². The van der Waals surface area contributed by atoms with Gasteiger partial charge in [0, 0.05) is 24.5 Å². The quantitative estimate of drug-likeness (QED) is 0.909. The van der Waals surface area contributed by atoms with Gasteiger partial charge in [0.1, 0.15) is 0 Å². The van der Waals surface area contributed by atoms with Crippen LogP contribution in [-0.2, 0) is 6.54 Å². The molecule has 4 heteroatoms. The van der Waals surface area contributed by atoms with E-state index in [0.29, 0.717) is 12.5 Å². The molecule has 18 heavy (non-hydrogen) atoms. The smallest absolute Gasteiger partial charge is 0.185 e. The topological polar surface area (TPSA) is 42.2 Å². The van der Waals surface area contributed by atoms with Crippen LogP contribution in [0.4, 0.5) is 5.13 Å². The Balaban J connectivity index is 2.20. The van der Waals surface area contributed by atoms with Gasteiger partial charge in [0.05, 0.1) is 5.69 Å². The molecule has 1 saturated heterocycles. The molecule has 2 rings (SSSR count). The summed E-state index contributed by atoms with van der Waals surface area (Å²) in [5.41, 5.74) is 7.10. The summed E-state index contributed by atoms with van der Waals surface area (Å²) in [5.74, 6) is 1.31. The van der Waals surface area contributed by atoms with E-state index in [1.807, 2.05) is 0 Å². The van der Waals surface area contributed by atoms with Crippen molar-refractivity contribution >= 4 is 16.5 Å². The van der Waals surface area contributed by atoms with Gasteiger partial charge >= 0.3 is 0 Å². The molecule has 0 saturated carbocycles. The van der Waals surface area contributed by atoms with E-state index < -0.39 is 0 Å². The van der Waals surface area contributed by atoms with Crippen LogP contribution in [0.25, 0.3) is 0 Å². The van der Waals surface area contributed by atoms with Gasteiger partial charge in [0.25, 0.3) is 0 Å². The van der Waals surface area contributed by atoms with Crippen LogP contribution in [0.5, 0.6) is 0 Å². The van der Waals surface area contributed by atoms with E-state index in [9.17, 15) is 0 Å². The molecule has 1 aromatic heterocycles. The minimum absolute atomic E-state index is 0.524.